The van der Waals surface area contributed by atoms with E-state index in [2.05, 4.69) is 10.6 Å². The monoisotopic (exact) mass is 219 g/mol. The normalized spacial score (nSPS) is 23.5. The Morgan fingerprint density at radius 2 is 2.06 bits per heavy atom. The zero-order valence-corrected chi connectivity index (χ0v) is 9.35. The third-order valence-corrected chi connectivity index (χ3v) is 4.07. The predicted molar refractivity (Wildman–Crippen MR) is 60.5 cm³/mol. The minimum absolute atomic E-state index is 0.617. The summed E-state index contributed by atoms with van der Waals surface area (Å²) in [4.78, 5) is 11.6. The van der Waals surface area contributed by atoms with Crippen LogP contribution in [-0.2, 0) is 10.3 Å². The van der Waals surface area contributed by atoms with Gasteiger partial charge in [0.2, 0.25) is 0 Å². The molecule has 0 spiro atoms. The van der Waals surface area contributed by atoms with Gasteiger partial charge in [-0.1, -0.05) is 12.8 Å². The Morgan fingerprint density at radius 3 is 2.62 bits per heavy atom. The number of hydrogen-bond acceptors (Lipinski definition) is 1. The van der Waals surface area contributed by atoms with Crippen molar-refractivity contribution < 1.29 is 9.90 Å². The van der Waals surface area contributed by atoms with Gasteiger partial charge in [-0.15, -0.1) is 0 Å². The molecule has 0 radical (unpaired) electrons. The summed E-state index contributed by atoms with van der Waals surface area (Å²) in [5.74, 6) is -0.0325. The standard InChI is InChI=1S/C13H17NO2/c15-12(16)13(7-1-2-8-13)14-9-3-4-11(14)10-5-6-10/h3-4,9-10H,1-2,5-8H2,(H,15,16). The van der Waals surface area contributed by atoms with Gasteiger partial charge in [-0.2, -0.15) is 0 Å². The number of carboxylic acid groups (broad SMARTS) is 1. The Morgan fingerprint density at radius 1 is 1.38 bits per heavy atom. The molecule has 1 heterocycles. The van der Waals surface area contributed by atoms with Crippen LogP contribution < -0.4 is 0 Å². The minimum atomic E-state index is -0.650. The Kier molecular flexibility index (Phi) is 2.09. The summed E-state index contributed by atoms with van der Waals surface area (Å²) in [5, 5.41) is 9.54. The zero-order valence-electron chi connectivity index (χ0n) is 9.35. The summed E-state index contributed by atoms with van der Waals surface area (Å²) in [5.41, 5.74) is 0.603. The van der Waals surface area contributed by atoms with E-state index < -0.39 is 11.5 Å². The van der Waals surface area contributed by atoms with Crippen LogP contribution in [0.2, 0.25) is 0 Å². The van der Waals surface area contributed by atoms with E-state index in [9.17, 15) is 9.90 Å². The second kappa shape index (κ2) is 3.37. The first-order chi connectivity index (χ1) is 7.74. The molecule has 1 aromatic rings. The maximum absolute atomic E-state index is 11.6. The van der Waals surface area contributed by atoms with Crippen molar-refractivity contribution in [2.45, 2.75) is 50.0 Å². The van der Waals surface area contributed by atoms with Crippen molar-refractivity contribution in [1.82, 2.24) is 4.57 Å². The van der Waals surface area contributed by atoms with Gasteiger partial charge in [-0.3, -0.25) is 0 Å². The molecule has 0 aliphatic heterocycles. The highest BCUT2D eigenvalue weighted by Crippen LogP contribution is 2.45. The fourth-order valence-corrected chi connectivity index (χ4v) is 3.01. The molecule has 0 saturated heterocycles. The summed E-state index contributed by atoms with van der Waals surface area (Å²) in [7, 11) is 0. The maximum Gasteiger partial charge on any atom is 0.329 e. The first kappa shape index (κ1) is 9.94. The summed E-state index contributed by atoms with van der Waals surface area (Å²) in [6.07, 6.45) is 8.06. The molecule has 3 rings (SSSR count). The second-order valence-corrected chi connectivity index (χ2v) is 5.12. The van der Waals surface area contributed by atoms with Crippen LogP contribution in [-0.4, -0.2) is 15.6 Å². The van der Waals surface area contributed by atoms with Crippen molar-refractivity contribution >= 4 is 5.97 Å². The molecule has 1 aromatic heterocycles. The van der Waals surface area contributed by atoms with E-state index in [4.69, 9.17) is 0 Å². The van der Waals surface area contributed by atoms with E-state index >= 15 is 0 Å². The lowest BCUT2D eigenvalue weighted by atomic mass is 9.96. The van der Waals surface area contributed by atoms with Gasteiger partial charge in [0.1, 0.15) is 5.54 Å². The summed E-state index contributed by atoms with van der Waals surface area (Å²) in [6.45, 7) is 0. The molecule has 0 atom stereocenters. The first-order valence-corrected chi connectivity index (χ1v) is 6.15. The zero-order chi connectivity index (χ0) is 11.2. The van der Waals surface area contributed by atoms with Crippen molar-refractivity contribution in [2.24, 2.45) is 0 Å². The summed E-state index contributed by atoms with van der Waals surface area (Å²) < 4.78 is 2.06. The van der Waals surface area contributed by atoms with Crippen molar-refractivity contribution in [2.75, 3.05) is 0 Å². The molecule has 1 N–H and O–H groups in total. The summed E-state index contributed by atoms with van der Waals surface area (Å²) >= 11 is 0. The third kappa shape index (κ3) is 1.30. The quantitative estimate of drug-likeness (QED) is 0.849. The van der Waals surface area contributed by atoms with Crippen LogP contribution in [0.4, 0.5) is 0 Å². The van der Waals surface area contributed by atoms with Crippen LogP contribution in [0.1, 0.15) is 50.1 Å². The van der Waals surface area contributed by atoms with E-state index in [0.717, 1.165) is 25.7 Å². The van der Waals surface area contributed by atoms with Gasteiger partial charge in [-0.25, -0.2) is 4.79 Å². The van der Waals surface area contributed by atoms with Gasteiger partial charge in [0.15, 0.2) is 0 Å². The van der Waals surface area contributed by atoms with Crippen LogP contribution >= 0.6 is 0 Å². The number of carbonyl (C=O) groups is 1. The van der Waals surface area contributed by atoms with Gasteiger partial charge in [0.05, 0.1) is 0 Å². The van der Waals surface area contributed by atoms with Gasteiger partial charge in [-0.05, 0) is 43.7 Å². The molecule has 2 aliphatic carbocycles. The van der Waals surface area contributed by atoms with E-state index in [1.165, 1.54) is 18.5 Å². The van der Waals surface area contributed by atoms with Crippen LogP contribution in [0.25, 0.3) is 0 Å². The third-order valence-electron chi connectivity index (χ3n) is 4.07. The van der Waals surface area contributed by atoms with Crippen LogP contribution in [0.5, 0.6) is 0 Å². The largest absolute Gasteiger partial charge is 0.479 e. The molecule has 0 amide bonds. The number of aromatic nitrogens is 1. The number of nitrogens with zero attached hydrogens (tertiary/aromatic N) is 1. The average molecular weight is 219 g/mol. The van der Waals surface area contributed by atoms with Crippen molar-refractivity contribution in [1.29, 1.82) is 0 Å². The van der Waals surface area contributed by atoms with Crippen molar-refractivity contribution in [3.63, 3.8) is 0 Å². The minimum Gasteiger partial charge on any atom is -0.479 e. The highest BCUT2D eigenvalue weighted by Gasteiger charge is 2.45. The summed E-state index contributed by atoms with van der Waals surface area (Å²) in [6, 6.07) is 4.09. The average Bonchev–Trinajstić information content (AvgIpc) is 2.83. The molecule has 0 bridgehead atoms. The smallest absolute Gasteiger partial charge is 0.329 e. The molecule has 2 fully saturated rings. The molecule has 3 heteroatoms. The number of carboxylic acids is 1. The van der Waals surface area contributed by atoms with Gasteiger partial charge < -0.3 is 9.67 Å². The van der Waals surface area contributed by atoms with Gasteiger partial charge in [0.25, 0.3) is 0 Å². The van der Waals surface area contributed by atoms with Crippen molar-refractivity contribution in [3.05, 3.63) is 24.0 Å². The predicted octanol–water partition coefficient (Wildman–Crippen LogP) is 2.72. The lowest BCUT2D eigenvalue weighted by Gasteiger charge is -2.28. The van der Waals surface area contributed by atoms with Crippen molar-refractivity contribution in [3.8, 4) is 0 Å². The van der Waals surface area contributed by atoms with E-state index in [1.807, 2.05) is 12.3 Å². The second-order valence-electron chi connectivity index (χ2n) is 5.12. The molecule has 86 valence electrons. The van der Waals surface area contributed by atoms with Crippen LogP contribution in [0.15, 0.2) is 18.3 Å². The van der Waals surface area contributed by atoms with Crippen LogP contribution in [0.3, 0.4) is 0 Å². The molecule has 0 aromatic carbocycles. The van der Waals surface area contributed by atoms with Gasteiger partial charge >= 0.3 is 5.97 Å². The SMILES string of the molecule is O=C(O)C1(n2cccc2C2CC2)CCCC1. The highest BCUT2D eigenvalue weighted by atomic mass is 16.4. The van der Waals surface area contributed by atoms with E-state index in [-0.39, 0.29) is 0 Å². The Bertz CT molecular complexity index is 411. The number of rotatable bonds is 3. The topological polar surface area (TPSA) is 42.2 Å². The van der Waals surface area contributed by atoms with Crippen LogP contribution in [0, 0.1) is 0 Å². The molecule has 16 heavy (non-hydrogen) atoms. The molecular weight excluding hydrogens is 202 g/mol. The molecular formula is C13H17NO2. The fourth-order valence-electron chi connectivity index (χ4n) is 3.01. The Hall–Kier alpha value is -1.25. The Labute approximate surface area is 95.1 Å². The molecule has 2 aliphatic rings. The van der Waals surface area contributed by atoms with Gasteiger partial charge in [0, 0.05) is 11.9 Å². The number of hydrogen-bond donors (Lipinski definition) is 1. The highest BCUT2D eigenvalue weighted by molar-refractivity contribution is 5.77. The maximum atomic E-state index is 11.6. The molecule has 0 unspecified atom stereocenters. The van der Waals surface area contributed by atoms with E-state index in [1.54, 1.807) is 0 Å². The molecule has 3 nitrogen and oxygen atoms in total. The first-order valence-electron chi connectivity index (χ1n) is 6.15. The lowest BCUT2D eigenvalue weighted by Crippen LogP contribution is -2.39. The lowest BCUT2D eigenvalue weighted by molar-refractivity contribution is -0.147. The Balaban J connectivity index is 2.05. The van der Waals surface area contributed by atoms with E-state index in [0.29, 0.717) is 5.92 Å². The fraction of sp³-hybridized carbons (Fsp3) is 0.615. The molecule has 2 saturated carbocycles. The number of aliphatic carboxylic acids is 1.